The van der Waals surface area contributed by atoms with E-state index in [4.69, 9.17) is 5.11 Å². The van der Waals surface area contributed by atoms with Gasteiger partial charge in [0, 0.05) is 6.20 Å². The number of nitrogens with one attached hydrogen (secondary N) is 2. The van der Waals surface area contributed by atoms with Gasteiger partial charge in [-0.15, -0.1) is 0 Å². The first-order valence-electron chi connectivity index (χ1n) is 5.54. The van der Waals surface area contributed by atoms with Gasteiger partial charge in [-0.25, -0.2) is 9.78 Å². The number of aromatic amines is 1. The van der Waals surface area contributed by atoms with E-state index in [1.807, 2.05) is 6.92 Å². The van der Waals surface area contributed by atoms with Crippen LogP contribution in [0.1, 0.15) is 30.8 Å². The van der Waals surface area contributed by atoms with Crippen molar-refractivity contribution in [1.82, 2.24) is 15.3 Å². The topological polar surface area (TPSA) is 112 Å². The minimum atomic E-state index is -1.10. The molecule has 1 aromatic heterocycles. The molecule has 0 bridgehead atoms. The number of carboxylic acids is 1. The van der Waals surface area contributed by atoms with Gasteiger partial charge in [0.05, 0.1) is 6.20 Å². The van der Waals surface area contributed by atoms with Crippen molar-refractivity contribution in [2.45, 2.75) is 26.3 Å². The van der Waals surface area contributed by atoms with Gasteiger partial charge < -0.3 is 15.4 Å². The number of amides is 1. The maximum absolute atomic E-state index is 11.7. The van der Waals surface area contributed by atoms with E-state index >= 15 is 0 Å². The van der Waals surface area contributed by atoms with Crippen molar-refractivity contribution < 1.29 is 14.7 Å². The van der Waals surface area contributed by atoms with E-state index in [2.05, 4.69) is 15.3 Å². The molecule has 0 aliphatic rings. The van der Waals surface area contributed by atoms with Crippen LogP contribution in [0.4, 0.5) is 0 Å². The van der Waals surface area contributed by atoms with Crippen LogP contribution in [-0.4, -0.2) is 33.0 Å². The van der Waals surface area contributed by atoms with Gasteiger partial charge in [0.2, 0.25) is 0 Å². The summed E-state index contributed by atoms with van der Waals surface area (Å²) in [5.41, 5.74) is -0.451. The predicted octanol–water partition coefficient (Wildman–Crippen LogP) is -0.00100. The van der Waals surface area contributed by atoms with Gasteiger partial charge in [-0.3, -0.25) is 9.59 Å². The lowest BCUT2D eigenvalue weighted by molar-refractivity contribution is -0.140. The van der Waals surface area contributed by atoms with Crippen molar-refractivity contribution in [3.8, 4) is 0 Å². The standard InChI is InChI=1S/C11H15N3O4/c1-3-6(2)9(11(17)18)14-10(16)7-4-13-8(15)5-12-7/h4-6,9H,3H2,1-2H3,(H,13,15)(H,14,16)(H,17,18)/t6-,9-/m0/s1. The van der Waals surface area contributed by atoms with Crippen LogP contribution in [0.3, 0.4) is 0 Å². The molecule has 7 heteroatoms. The van der Waals surface area contributed by atoms with Crippen LogP contribution in [-0.2, 0) is 4.79 Å². The molecule has 1 aromatic rings. The minimum absolute atomic E-state index is 0.0239. The van der Waals surface area contributed by atoms with Gasteiger partial charge >= 0.3 is 5.97 Å². The minimum Gasteiger partial charge on any atom is -0.480 e. The van der Waals surface area contributed by atoms with Crippen molar-refractivity contribution in [1.29, 1.82) is 0 Å². The largest absolute Gasteiger partial charge is 0.480 e. The van der Waals surface area contributed by atoms with Crippen molar-refractivity contribution in [2.24, 2.45) is 5.92 Å². The van der Waals surface area contributed by atoms with E-state index in [0.29, 0.717) is 6.42 Å². The Bertz CT molecular complexity index is 477. The van der Waals surface area contributed by atoms with Crippen molar-refractivity contribution in [3.05, 3.63) is 28.4 Å². The molecular weight excluding hydrogens is 238 g/mol. The van der Waals surface area contributed by atoms with Gasteiger partial charge in [0.1, 0.15) is 11.7 Å². The van der Waals surface area contributed by atoms with Crippen LogP contribution in [0.15, 0.2) is 17.2 Å². The lowest BCUT2D eigenvalue weighted by Gasteiger charge is -2.19. The van der Waals surface area contributed by atoms with E-state index in [1.54, 1.807) is 6.92 Å². The van der Waals surface area contributed by atoms with Crippen LogP contribution in [0, 0.1) is 5.92 Å². The first-order valence-corrected chi connectivity index (χ1v) is 5.54. The number of hydrogen-bond donors (Lipinski definition) is 3. The molecule has 1 heterocycles. The number of carbonyl (C=O) groups excluding carboxylic acids is 1. The van der Waals surface area contributed by atoms with Crippen LogP contribution >= 0.6 is 0 Å². The summed E-state index contributed by atoms with van der Waals surface area (Å²) >= 11 is 0. The average molecular weight is 253 g/mol. The monoisotopic (exact) mass is 253 g/mol. The Morgan fingerprint density at radius 2 is 2.22 bits per heavy atom. The molecule has 0 saturated carbocycles. The van der Waals surface area contributed by atoms with Gasteiger partial charge in [-0.2, -0.15) is 0 Å². The molecule has 0 aliphatic heterocycles. The molecule has 1 rings (SSSR count). The molecule has 18 heavy (non-hydrogen) atoms. The highest BCUT2D eigenvalue weighted by Gasteiger charge is 2.26. The van der Waals surface area contributed by atoms with E-state index in [-0.39, 0.29) is 11.6 Å². The summed E-state index contributed by atoms with van der Waals surface area (Å²) in [6.07, 6.45) is 2.73. The van der Waals surface area contributed by atoms with E-state index in [1.165, 1.54) is 0 Å². The van der Waals surface area contributed by atoms with Gasteiger partial charge in [0.15, 0.2) is 0 Å². The summed E-state index contributed by atoms with van der Waals surface area (Å²) in [7, 11) is 0. The molecule has 7 nitrogen and oxygen atoms in total. The Balaban J connectivity index is 2.81. The molecule has 0 unspecified atom stereocenters. The second kappa shape index (κ2) is 5.95. The zero-order chi connectivity index (χ0) is 13.7. The summed E-state index contributed by atoms with van der Waals surface area (Å²) in [5.74, 6) is -1.92. The Kier molecular flexibility index (Phi) is 4.59. The van der Waals surface area contributed by atoms with E-state index in [9.17, 15) is 14.4 Å². The smallest absolute Gasteiger partial charge is 0.326 e. The number of carbonyl (C=O) groups is 2. The molecule has 0 radical (unpaired) electrons. The van der Waals surface area contributed by atoms with Crippen LogP contribution in [0.5, 0.6) is 0 Å². The number of H-pyrrole nitrogens is 1. The zero-order valence-electron chi connectivity index (χ0n) is 10.1. The summed E-state index contributed by atoms with van der Waals surface area (Å²) in [4.78, 5) is 39.5. The average Bonchev–Trinajstić information content (AvgIpc) is 2.35. The first kappa shape index (κ1) is 13.9. The fourth-order valence-corrected chi connectivity index (χ4v) is 1.36. The molecule has 3 N–H and O–H groups in total. The summed E-state index contributed by atoms with van der Waals surface area (Å²) in [6.45, 7) is 3.57. The molecule has 0 aromatic carbocycles. The molecule has 98 valence electrons. The number of hydrogen-bond acceptors (Lipinski definition) is 4. The third-order valence-corrected chi connectivity index (χ3v) is 2.67. The fraction of sp³-hybridized carbons (Fsp3) is 0.455. The molecule has 0 aliphatic carbocycles. The Labute approximate surface area is 103 Å². The van der Waals surface area contributed by atoms with Crippen molar-refractivity contribution in [2.75, 3.05) is 0 Å². The summed E-state index contributed by atoms with van der Waals surface area (Å²) < 4.78 is 0. The molecule has 2 atom stereocenters. The third-order valence-electron chi connectivity index (χ3n) is 2.67. The van der Waals surface area contributed by atoms with Crippen LogP contribution in [0.2, 0.25) is 0 Å². The second-order valence-corrected chi connectivity index (χ2v) is 3.97. The molecule has 0 fully saturated rings. The van der Waals surface area contributed by atoms with E-state index < -0.39 is 23.5 Å². The van der Waals surface area contributed by atoms with Crippen LogP contribution < -0.4 is 10.9 Å². The van der Waals surface area contributed by atoms with E-state index in [0.717, 1.165) is 12.4 Å². The van der Waals surface area contributed by atoms with Crippen molar-refractivity contribution in [3.63, 3.8) is 0 Å². The number of rotatable bonds is 5. The zero-order valence-corrected chi connectivity index (χ0v) is 10.1. The highest BCUT2D eigenvalue weighted by atomic mass is 16.4. The Hall–Kier alpha value is -2.18. The quantitative estimate of drug-likeness (QED) is 0.683. The summed E-state index contributed by atoms with van der Waals surface area (Å²) in [6, 6.07) is -0.976. The maximum Gasteiger partial charge on any atom is 0.326 e. The Morgan fingerprint density at radius 3 is 2.67 bits per heavy atom. The number of carboxylic acid groups (broad SMARTS) is 1. The normalized spacial score (nSPS) is 13.7. The number of aromatic nitrogens is 2. The molecule has 0 saturated heterocycles. The highest BCUT2D eigenvalue weighted by molar-refractivity contribution is 5.94. The molecule has 1 amide bonds. The van der Waals surface area contributed by atoms with Gasteiger partial charge in [-0.1, -0.05) is 20.3 Å². The predicted molar refractivity (Wildman–Crippen MR) is 63.2 cm³/mol. The summed E-state index contributed by atoms with van der Waals surface area (Å²) in [5, 5.41) is 11.4. The van der Waals surface area contributed by atoms with Gasteiger partial charge in [0.25, 0.3) is 11.5 Å². The van der Waals surface area contributed by atoms with Crippen molar-refractivity contribution >= 4 is 11.9 Å². The fourth-order valence-electron chi connectivity index (χ4n) is 1.36. The first-order chi connectivity index (χ1) is 8.45. The third kappa shape index (κ3) is 3.41. The SMILES string of the molecule is CC[C@H](C)[C@H](NC(=O)c1c[nH]c(=O)cn1)C(=O)O. The molecule has 0 spiro atoms. The number of nitrogens with zero attached hydrogens (tertiary/aromatic N) is 1. The maximum atomic E-state index is 11.7. The second-order valence-electron chi connectivity index (χ2n) is 3.97. The molecular formula is C11H15N3O4. The number of aliphatic carboxylic acids is 1. The lowest BCUT2D eigenvalue weighted by atomic mass is 9.99. The van der Waals surface area contributed by atoms with Crippen LogP contribution in [0.25, 0.3) is 0 Å². The van der Waals surface area contributed by atoms with Gasteiger partial charge in [-0.05, 0) is 5.92 Å². The highest BCUT2D eigenvalue weighted by Crippen LogP contribution is 2.08. The Morgan fingerprint density at radius 1 is 1.56 bits per heavy atom. The lowest BCUT2D eigenvalue weighted by Crippen LogP contribution is -2.45.